The molecule has 0 radical (unpaired) electrons. The Morgan fingerprint density at radius 2 is 1.76 bits per heavy atom. The standard InChI is InChI=1S/C24H28F3NO4S/c25-24(26,27)20-2-1-3-23(14-20)33(29,30)17-19-8-11-28(16-19)15-18-4-6-21(7-5-18)32-22-9-12-31-13-10-22/h1-7,14,19,22H,8-13,15-17H2/t19-/m1/s1. The van der Waals surface area contributed by atoms with E-state index >= 15 is 0 Å². The van der Waals surface area contributed by atoms with Crippen LogP contribution in [0.1, 0.15) is 30.4 Å². The van der Waals surface area contributed by atoms with Crippen LogP contribution in [0.3, 0.4) is 0 Å². The fraction of sp³-hybridized carbons (Fsp3) is 0.500. The number of hydrogen-bond donors (Lipinski definition) is 0. The number of nitrogens with zero attached hydrogens (tertiary/aromatic N) is 1. The summed E-state index contributed by atoms with van der Waals surface area (Å²) in [4.78, 5) is 1.91. The molecule has 9 heteroatoms. The summed E-state index contributed by atoms with van der Waals surface area (Å²) in [6, 6.07) is 11.9. The first-order chi connectivity index (χ1) is 15.7. The number of alkyl halides is 3. The largest absolute Gasteiger partial charge is 0.490 e. The molecule has 0 aromatic heterocycles. The molecule has 1 atom stereocenters. The van der Waals surface area contributed by atoms with E-state index in [2.05, 4.69) is 4.90 Å². The molecular weight excluding hydrogens is 455 g/mol. The third kappa shape index (κ3) is 6.49. The second-order valence-corrected chi connectivity index (χ2v) is 10.8. The van der Waals surface area contributed by atoms with Gasteiger partial charge >= 0.3 is 6.18 Å². The molecule has 0 N–H and O–H groups in total. The van der Waals surface area contributed by atoms with Gasteiger partial charge in [0.2, 0.25) is 0 Å². The number of hydrogen-bond acceptors (Lipinski definition) is 5. The van der Waals surface area contributed by atoms with Crippen molar-refractivity contribution < 1.29 is 31.1 Å². The third-order valence-corrected chi connectivity index (χ3v) is 8.03. The fourth-order valence-corrected chi connectivity index (χ4v) is 6.06. The summed E-state index contributed by atoms with van der Waals surface area (Å²) in [6.07, 6.45) is -1.91. The first-order valence-corrected chi connectivity index (χ1v) is 12.8. The van der Waals surface area contributed by atoms with E-state index in [9.17, 15) is 21.6 Å². The quantitative estimate of drug-likeness (QED) is 0.578. The average Bonchev–Trinajstić information content (AvgIpc) is 3.21. The highest BCUT2D eigenvalue weighted by Gasteiger charge is 2.33. The van der Waals surface area contributed by atoms with Gasteiger partial charge in [0.1, 0.15) is 11.9 Å². The molecule has 0 aliphatic carbocycles. The lowest BCUT2D eigenvalue weighted by Gasteiger charge is -2.23. The molecule has 2 saturated heterocycles. The first kappa shape index (κ1) is 24.0. The number of likely N-dealkylation sites (tertiary alicyclic amines) is 1. The molecule has 0 unspecified atom stereocenters. The number of rotatable bonds is 7. The van der Waals surface area contributed by atoms with Crippen molar-refractivity contribution in [1.82, 2.24) is 4.90 Å². The Labute approximate surface area is 192 Å². The highest BCUT2D eigenvalue weighted by Crippen LogP contribution is 2.31. The topological polar surface area (TPSA) is 55.8 Å². The summed E-state index contributed by atoms with van der Waals surface area (Å²) in [5, 5.41) is 0. The van der Waals surface area contributed by atoms with Gasteiger partial charge in [-0.05, 0) is 54.8 Å². The molecule has 2 aromatic carbocycles. The molecule has 0 spiro atoms. The van der Waals surface area contributed by atoms with Crippen molar-refractivity contribution in [2.45, 2.75) is 43.0 Å². The van der Waals surface area contributed by atoms with E-state index in [1.165, 1.54) is 6.07 Å². The van der Waals surface area contributed by atoms with Crippen molar-refractivity contribution in [2.75, 3.05) is 32.1 Å². The van der Waals surface area contributed by atoms with E-state index in [0.29, 0.717) is 19.5 Å². The molecule has 2 heterocycles. The number of ether oxygens (including phenoxy) is 2. The van der Waals surface area contributed by atoms with Crippen molar-refractivity contribution in [3.8, 4) is 5.75 Å². The number of benzene rings is 2. The van der Waals surface area contributed by atoms with Gasteiger partial charge in [0.15, 0.2) is 9.84 Å². The predicted octanol–water partition coefficient (Wildman–Crippen LogP) is 4.56. The Bertz CT molecular complexity index is 1030. The summed E-state index contributed by atoms with van der Waals surface area (Å²) in [5.74, 6) is 0.570. The minimum Gasteiger partial charge on any atom is -0.490 e. The van der Waals surface area contributed by atoms with Gasteiger partial charge in [-0.1, -0.05) is 18.2 Å². The van der Waals surface area contributed by atoms with Gasteiger partial charge in [-0.2, -0.15) is 13.2 Å². The second-order valence-electron chi connectivity index (χ2n) is 8.77. The maximum absolute atomic E-state index is 12.9. The Hall–Kier alpha value is -2.10. The lowest BCUT2D eigenvalue weighted by atomic mass is 10.1. The summed E-state index contributed by atoms with van der Waals surface area (Å²) in [7, 11) is -3.79. The first-order valence-electron chi connectivity index (χ1n) is 11.1. The zero-order valence-electron chi connectivity index (χ0n) is 18.3. The Kier molecular flexibility index (Phi) is 7.31. The van der Waals surface area contributed by atoms with Gasteiger partial charge in [0.05, 0.1) is 29.4 Å². The summed E-state index contributed by atoms with van der Waals surface area (Å²) in [5.41, 5.74) is 0.164. The lowest BCUT2D eigenvalue weighted by Crippen LogP contribution is -2.25. The van der Waals surface area contributed by atoms with E-state index < -0.39 is 21.6 Å². The Balaban J connectivity index is 1.30. The van der Waals surface area contributed by atoms with Crippen LogP contribution in [0.15, 0.2) is 53.4 Å². The van der Waals surface area contributed by atoms with Crippen molar-refractivity contribution in [3.05, 3.63) is 59.7 Å². The maximum atomic E-state index is 12.9. The molecule has 33 heavy (non-hydrogen) atoms. The zero-order chi connectivity index (χ0) is 23.5. The molecule has 0 saturated carbocycles. The van der Waals surface area contributed by atoms with E-state index in [1.807, 2.05) is 24.3 Å². The normalized spacial score (nSPS) is 20.8. The van der Waals surface area contributed by atoms with Gasteiger partial charge < -0.3 is 9.47 Å². The van der Waals surface area contributed by atoms with Crippen molar-refractivity contribution in [1.29, 1.82) is 0 Å². The van der Waals surface area contributed by atoms with Crippen LogP contribution in [0.5, 0.6) is 5.75 Å². The Morgan fingerprint density at radius 3 is 2.45 bits per heavy atom. The highest BCUT2D eigenvalue weighted by molar-refractivity contribution is 7.91. The van der Waals surface area contributed by atoms with E-state index in [0.717, 1.165) is 62.1 Å². The van der Waals surface area contributed by atoms with Crippen LogP contribution in [0.25, 0.3) is 0 Å². The highest BCUT2D eigenvalue weighted by atomic mass is 32.2. The SMILES string of the molecule is O=S(=O)(C[C@@H]1CCN(Cc2ccc(OC3CCOCC3)cc2)C1)c1cccc(C(F)(F)F)c1. The third-order valence-electron chi connectivity index (χ3n) is 6.15. The van der Waals surface area contributed by atoms with E-state index in [4.69, 9.17) is 9.47 Å². The van der Waals surface area contributed by atoms with Gasteiger partial charge in [-0.15, -0.1) is 0 Å². The number of sulfone groups is 1. The molecule has 2 aliphatic heterocycles. The smallest absolute Gasteiger partial charge is 0.416 e. The zero-order valence-corrected chi connectivity index (χ0v) is 19.1. The molecule has 4 rings (SSSR count). The van der Waals surface area contributed by atoms with Crippen LogP contribution in [-0.4, -0.2) is 51.5 Å². The molecule has 180 valence electrons. The average molecular weight is 484 g/mol. The van der Waals surface area contributed by atoms with Crippen LogP contribution < -0.4 is 4.74 Å². The summed E-state index contributed by atoms with van der Waals surface area (Å²) < 4.78 is 75.6. The fourth-order valence-electron chi connectivity index (χ4n) is 4.38. The molecule has 2 aromatic rings. The van der Waals surface area contributed by atoms with Crippen LogP contribution in [0.2, 0.25) is 0 Å². The van der Waals surface area contributed by atoms with Crippen LogP contribution in [-0.2, 0) is 27.3 Å². The second kappa shape index (κ2) is 10.0. The minimum atomic E-state index is -4.57. The van der Waals surface area contributed by atoms with Crippen molar-refractivity contribution >= 4 is 9.84 Å². The van der Waals surface area contributed by atoms with E-state index in [-0.39, 0.29) is 22.7 Å². The van der Waals surface area contributed by atoms with Crippen LogP contribution in [0, 0.1) is 5.92 Å². The van der Waals surface area contributed by atoms with Gasteiger partial charge in [0, 0.05) is 25.9 Å². The molecule has 0 amide bonds. The molecular formula is C24H28F3NO4S. The predicted molar refractivity (Wildman–Crippen MR) is 118 cm³/mol. The molecule has 5 nitrogen and oxygen atoms in total. The van der Waals surface area contributed by atoms with Gasteiger partial charge in [-0.25, -0.2) is 8.42 Å². The van der Waals surface area contributed by atoms with Crippen molar-refractivity contribution in [2.24, 2.45) is 5.92 Å². The summed E-state index contributed by atoms with van der Waals surface area (Å²) >= 11 is 0. The number of halogens is 3. The molecule has 2 aliphatic rings. The maximum Gasteiger partial charge on any atom is 0.416 e. The van der Waals surface area contributed by atoms with Gasteiger partial charge in [-0.3, -0.25) is 4.90 Å². The molecule has 2 fully saturated rings. The minimum absolute atomic E-state index is 0.110. The van der Waals surface area contributed by atoms with Crippen molar-refractivity contribution in [3.63, 3.8) is 0 Å². The van der Waals surface area contributed by atoms with Crippen LogP contribution in [0.4, 0.5) is 13.2 Å². The van der Waals surface area contributed by atoms with E-state index in [1.54, 1.807) is 0 Å². The lowest BCUT2D eigenvalue weighted by molar-refractivity contribution is -0.137. The Morgan fingerprint density at radius 1 is 1.03 bits per heavy atom. The molecule has 0 bridgehead atoms. The van der Waals surface area contributed by atoms with Crippen LogP contribution >= 0.6 is 0 Å². The monoisotopic (exact) mass is 483 g/mol. The summed E-state index contributed by atoms with van der Waals surface area (Å²) in [6.45, 7) is 3.49. The van der Waals surface area contributed by atoms with Gasteiger partial charge in [0.25, 0.3) is 0 Å².